The molecule has 0 heterocycles. The molecule has 1 aliphatic carbocycles. The summed E-state index contributed by atoms with van der Waals surface area (Å²) >= 11 is 2.07. The van der Waals surface area contributed by atoms with Gasteiger partial charge < -0.3 is 12.4 Å². The second-order valence-corrected chi connectivity index (χ2v) is 3.03. The van der Waals surface area contributed by atoms with Gasteiger partial charge in [0.1, 0.15) is 0 Å². The molecule has 2 heteroatoms. The van der Waals surface area contributed by atoms with Crippen molar-refractivity contribution in [1.29, 1.82) is 0 Å². The van der Waals surface area contributed by atoms with Crippen molar-refractivity contribution in [3.8, 4) is 0 Å². The topological polar surface area (TPSA) is 0 Å². The molecule has 0 aromatic heterocycles. The van der Waals surface area contributed by atoms with E-state index >= 15 is 0 Å². The minimum atomic E-state index is 0. The van der Waals surface area contributed by atoms with E-state index in [0.717, 1.165) is 4.05 Å². The summed E-state index contributed by atoms with van der Waals surface area (Å²) in [5.74, 6) is 0. The second-order valence-electron chi connectivity index (χ2n) is 1.98. The first-order valence-electron chi connectivity index (χ1n) is 2.29. The standard InChI is InChI=1S/C5H7.ClH.Mg/c1-5-3-2-4-5;;/h2-3H,4H2,1H3;1H;/q;;+1/p-1. The molecule has 0 radical (unpaired) electrons. The van der Waals surface area contributed by atoms with Crippen molar-refractivity contribution in [2.45, 2.75) is 17.4 Å². The fourth-order valence-corrected chi connectivity index (χ4v) is 1.64. The van der Waals surface area contributed by atoms with Crippen LogP contribution in [0.5, 0.6) is 0 Å². The number of allylic oxidation sites excluding steroid dienone is 2. The van der Waals surface area contributed by atoms with Crippen LogP contribution < -0.4 is 12.4 Å². The van der Waals surface area contributed by atoms with E-state index in [1.165, 1.54) is 6.42 Å². The molecule has 0 amide bonds. The van der Waals surface area contributed by atoms with Gasteiger partial charge in [-0.3, -0.25) is 0 Å². The zero-order valence-corrected chi connectivity index (χ0v) is 6.62. The summed E-state index contributed by atoms with van der Waals surface area (Å²) in [7, 11) is 0. The van der Waals surface area contributed by atoms with Gasteiger partial charge >= 0.3 is 50.7 Å². The number of hydrogen-bond acceptors (Lipinski definition) is 0. The zero-order valence-electron chi connectivity index (χ0n) is 4.45. The van der Waals surface area contributed by atoms with Crippen LogP contribution in [0.15, 0.2) is 11.6 Å². The van der Waals surface area contributed by atoms with Gasteiger partial charge in [-0.05, 0) is 0 Å². The van der Waals surface area contributed by atoms with E-state index in [0.29, 0.717) is 0 Å². The van der Waals surface area contributed by atoms with Crippen molar-refractivity contribution in [2.75, 3.05) is 0 Å². The minimum absolute atomic E-state index is 0. The third-order valence-electron chi connectivity index (χ3n) is 1.10. The average molecular weight is 127 g/mol. The monoisotopic (exact) mass is 126 g/mol. The third kappa shape index (κ3) is 2.02. The van der Waals surface area contributed by atoms with E-state index in [9.17, 15) is 0 Å². The summed E-state index contributed by atoms with van der Waals surface area (Å²) in [6.45, 7) is 2.18. The van der Waals surface area contributed by atoms with E-state index in [-0.39, 0.29) is 12.4 Å². The Balaban J connectivity index is 0.000000360. The Bertz CT molecular complexity index is 88.1. The number of hydrogen-bond donors (Lipinski definition) is 0. The van der Waals surface area contributed by atoms with Crippen molar-refractivity contribution in [1.82, 2.24) is 0 Å². The van der Waals surface area contributed by atoms with Gasteiger partial charge in [-0.2, -0.15) is 0 Å². The van der Waals surface area contributed by atoms with Gasteiger partial charge in [0.2, 0.25) is 0 Å². The Morgan fingerprint density at radius 2 is 2.29 bits per heavy atom. The molecule has 1 rings (SSSR count). The van der Waals surface area contributed by atoms with Crippen LogP contribution in [0.4, 0.5) is 0 Å². The van der Waals surface area contributed by atoms with Gasteiger partial charge in [0.05, 0.1) is 0 Å². The quantitative estimate of drug-likeness (QED) is 0.268. The van der Waals surface area contributed by atoms with Gasteiger partial charge in [0.15, 0.2) is 0 Å². The van der Waals surface area contributed by atoms with E-state index in [2.05, 4.69) is 34.7 Å². The summed E-state index contributed by atoms with van der Waals surface area (Å²) in [5.41, 5.74) is 1.56. The van der Waals surface area contributed by atoms with Crippen molar-refractivity contribution < 1.29 is 12.4 Å². The summed E-state index contributed by atoms with van der Waals surface area (Å²) in [5, 5.41) is 0. The Kier molecular flexibility index (Phi) is 3.29. The maximum Gasteiger partial charge on any atom is -1.00 e. The summed E-state index contributed by atoms with van der Waals surface area (Å²) in [4.78, 5) is 0. The molecule has 1 aliphatic rings. The van der Waals surface area contributed by atoms with Gasteiger partial charge in [-0.1, -0.05) is 0 Å². The Hall–Kier alpha value is 0.796. The summed E-state index contributed by atoms with van der Waals surface area (Å²) < 4.78 is 0.907. The summed E-state index contributed by atoms with van der Waals surface area (Å²) in [6.07, 6.45) is 3.66. The molecule has 0 fully saturated rings. The number of rotatable bonds is 0. The smallest absolute Gasteiger partial charge is 1.00 e. The van der Waals surface area contributed by atoms with Gasteiger partial charge in [-0.25, -0.2) is 0 Å². The third-order valence-corrected chi connectivity index (χ3v) is 1.63. The molecular weight excluding hydrogens is 120 g/mol. The first-order chi connectivity index (χ1) is 2.79. The second kappa shape index (κ2) is 2.95. The molecule has 7 heavy (non-hydrogen) atoms. The predicted octanol–water partition coefficient (Wildman–Crippen LogP) is -1.70. The van der Waals surface area contributed by atoms with Crippen molar-refractivity contribution in [3.05, 3.63) is 11.6 Å². The van der Waals surface area contributed by atoms with Crippen LogP contribution in [0.25, 0.3) is 0 Å². The molecule has 0 saturated carbocycles. The van der Waals surface area contributed by atoms with Crippen LogP contribution in [0.2, 0.25) is 4.05 Å². The maximum atomic E-state index is 2.32. The largest absolute Gasteiger partial charge is 1.00 e. The molecule has 36 valence electrons. The molecule has 0 nitrogen and oxygen atoms in total. The molecular formula is C5H7ClMg. The first kappa shape index (κ1) is 7.80. The first-order valence-corrected chi connectivity index (χ1v) is 3.11. The fourth-order valence-electron chi connectivity index (χ4n) is 0.782. The molecule has 0 aliphatic heterocycles. The van der Waals surface area contributed by atoms with Crippen LogP contribution >= 0.6 is 0 Å². The Labute approximate surface area is 63.2 Å². The molecule has 0 N–H and O–H groups in total. The van der Waals surface area contributed by atoms with Crippen LogP contribution in [0, 0.1) is 0 Å². The van der Waals surface area contributed by atoms with Crippen LogP contribution in [0.1, 0.15) is 13.3 Å². The summed E-state index contributed by atoms with van der Waals surface area (Å²) in [6, 6.07) is 0. The average Bonchev–Trinajstić information content (AvgIpc) is 1.33. The minimum Gasteiger partial charge on any atom is -1.00 e. The van der Waals surface area contributed by atoms with E-state index in [1.807, 2.05) is 0 Å². The molecule has 0 spiro atoms. The fraction of sp³-hybridized carbons (Fsp3) is 0.600. The normalized spacial score (nSPS) is 27.3. The molecule has 1 unspecified atom stereocenters. The Morgan fingerprint density at radius 3 is 2.29 bits per heavy atom. The predicted molar refractivity (Wildman–Crippen MR) is 27.9 cm³/mol. The van der Waals surface area contributed by atoms with Gasteiger partial charge in [0, 0.05) is 0 Å². The van der Waals surface area contributed by atoms with E-state index in [4.69, 9.17) is 0 Å². The van der Waals surface area contributed by atoms with Crippen LogP contribution in [-0.4, -0.2) is 21.7 Å². The Morgan fingerprint density at radius 1 is 1.86 bits per heavy atom. The number of halogens is 1. The molecule has 0 aromatic rings. The maximum absolute atomic E-state index is 2.32. The van der Waals surface area contributed by atoms with E-state index in [1.54, 1.807) is 5.57 Å². The SMILES string of the molecule is CC1=C[CH]([Mg+])C1.[Cl-]. The zero-order chi connectivity index (χ0) is 4.57. The van der Waals surface area contributed by atoms with Gasteiger partial charge in [0.25, 0.3) is 0 Å². The van der Waals surface area contributed by atoms with Crippen LogP contribution in [0.3, 0.4) is 0 Å². The molecule has 0 bridgehead atoms. The molecule has 1 atom stereocenters. The van der Waals surface area contributed by atoms with Crippen LogP contribution in [-0.2, 0) is 0 Å². The van der Waals surface area contributed by atoms with Crippen molar-refractivity contribution in [3.63, 3.8) is 0 Å². The van der Waals surface area contributed by atoms with Crippen molar-refractivity contribution in [2.24, 2.45) is 0 Å². The van der Waals surface area contributed by atoms with Gasteiger partial charge in [-0.15, -0.1) is 0 Å². The molecule has 0 saturated heterocycles. The van der Waals surface area contributed by atoms with Crippen molar-refractivity contribution >= 4 is 21.7 Å². The molecule has 0 aromatic carbocycles. The van der Waals surface area contributed by atoms with E-state index < -0.39 is 0 Å².